The summed E-state index contributed by atoms with van der Waals surface area (Å²) >= 11 is 0. The lowest BCUT2D eigenvalue weighted by Crippen LogP contribution is -1.86. The molecule has 1 nitrogen and oxygen atoms in total. The third-order valence-electron chi connectivity index (χ3n) is 0.576. The highest BCUT2D eigenvalue weighted by atomic mass is 28.1. The molecule has 0 aromatic heterocycles. The smallest absolute Gasteiger partial charge is 0.151 e. The van der Waals surface area contributed by atoms with Gasteiger partial charge in [0.15, 0.2) is 5.78 Å². The molecule has 0 aliphatic heterocycles. The van der Waals surface area contributed by atoms with E-state index in [2.05, 4.69) is 6.58 Å². The largest absolute Gasteiger partial charge is 0.295 e. The van der Waals surface area contributed by atoms with Gasteiger partial charge in [-0.3, -0.25) is 4.79 Å². The van der Waals surface area contributed by atoms with Crippen LogP contribution in [-0.2, 0) is 4.79 Å². The zero-order valence-electron chi connectivity index (χ0n) is 3.90. The summed E-state index contributed by atoms with van der Waals surface area (Å²) in [6.07, 6.45) is 1.37. The summed E-state index contributed by atoms with van der Waals surface area (Å²) < 4.78 is 0. The fraction of sp³-hybridized carbons (Fsp3) is 0.250. The molecule has 0 heterocycles. The van der Waals surface area contributed by atoms with Crippen LogP contribution in [0.5, 0.6) is 0 Å². The predicted molar refractivity (Wildman–Crippen MR) is 29.9 cm³/mol. The van der Waals surface area contributed by atoms with Gasteiger partial charge >= 0.3 is 0 Å². The van der Waals surface area contributed by atoms with Crippen LogP contribution in [0.2, 0.25) is 6.04 Å². The van der Waals surface area contributed by atoms with E-state index >= 15 is 0 Å². The van der Waals surface area contributed by atoms with E-state index in [1.165, 1.54) is 6.08 Å². The van der Waals surface area contributed by atoms with Crippen molar-refractivity contribution in [1.29, 1.82) is 0 Å². The normalized spacial score (nSPS) is 8.00. The van der Waals surface area contributed by atoms with E-state index in [1.807, 2.05) is 0 Å². The quantitative estimate of drug-likeness (QED) is 0.338. The van der Waals surface area contributed by atoms with Crippen molar-refractivity contribution in [3.8, 4) is 0 Å². The van der Waals surface area contributed by atoms with Gasteiger partial charge in [0.05, 0.1) is 0 Å². The molecule has 6 heavy (non-hydrogen) atoms. The Morgan fingerprint density at radius 2 is 2.50 bits per heavy atom. The minimum absolute atomic E-state index is 0.168. The number of hydrogen-bond donors (Lipinski definition) is 0. The first-order valence-electron chi connectivity index (χ1n) is 1.96. The number of allylic oxidation sites excluding steroid dienone is 1. The first-order valence-corrected chi connectivity index (χ1v) is 3.38. The summed E-state index contributed by atoms with van der Waals surface area (Å²) in [6, 6.07) is 0.712. The molecule has 0 aliphatic carbocycles. The molecule has 0 amide bonds. The number of carbonyl (C=O) groups is 1. The number of carbonyl (C=O) groups excluding carboxylic acids is 1. The lowest BCUT2D eigenvalue weighted by Gasteiger charge is -1.75. The van der Waals surface area contributed by atoms with Crippen LogP contribution in [0.3, 0.4) is 0 Å². The van der Waals surface area contributed by atoms with E-state index < -0.39 is 0 Å². The molecule has 0 saturated carbocycles. The minimum atomic E-state index is 0.168. The number of rotatable bonds is 2. The lowest BCUT2D eigenvalue weighted by atomic mass is 10.5. The van der Waals surface area contributed by atoms with Gasteiger partial charge in [-0.05, 0) is 12.1 Å². The summed E-state index contributed by atoms with van der Waals surface area (Å²) in [5.41, 5.74) is 0. The van der Waals surface area contributed by atoms with Gasteiger partial charge in [0.1, 0.15) is 0 Å². The minimum Gasteiger partial charge on any atom is -0.295 e. The Hall–Kier alpha value is -0.373. The number of hydrogen-bond acceptors (Lipinski definition) is 1. The van der Waals surface area contributed by atoms with Gasteiger partial charge in [-0.1, -0.05) is 6.58 Å². The van der Waals surface area contributed by atoms with Gasteiger partial charge in [-0.15, -0.1) is 0 Å². The maximum absolute atomic E-state index is 10.1. The fourth-order valence-electron chi connectivity index (χ4n) is 0.144. The average Bonchev–Trinajstić information content (AvgIpc) is 1.65. The highest BCUT2D eigenvalue weighted by Gasteiger charge is 1.82. The predicted octanol–water partition coefficient (Wildman–Crippen LogP) is -0.475. The summed E-state index contributed by atoms with van der Waals surface area (Å²) in [5.74, 6) is 0.168. The van der Waals surface area contributed by atoms with E-state index in [9.17, 15) is 4.79 Å². The summed E-state index contributed by atoms with van der Waals surface area (Å²) in [4.78, 5) is 10.1. The van der Waals surface area contributed by atoms with Crippen LogP contribution in [0.15, 0.2) is 12.7 Å². The van der Waals surface area contributed by atoms with Crippen LogP contribution in [0.4, 0.5) is 0 Å². The summed E-state index contributed by atoms with van der Waals surface area (Å²) in [5, 5.41) is 0. The second-order valence-electron chi connectivity index (χ2n) is 1.02. The Morgan fingerprint density at radius 3 is 2.50 bits per heavy atom. The maximum Gasteiger partial charge on any atom is 0.151 e. The van der Waals surface area contributed by atoms with Crippen LogP contribution in [-0.4, -0.2) is 16.0 Å². The Kier molecular flexibility index (Phi) is 2.67. The maximum atomic E-state index is 10.1. The van der Waals surface area contributed by atoms with Gasteiger partial charge in [-0.2, -0.15) is 0 Å². The van der Waals surface area contributed by atoms with Crippen molar-refractivity contribution in [2.45, 2.75) is 6.04 Å². The molecule has 0 bridgehead atoms. The summed E-state index contributed by atoms with van der Waals surface area (Å²) in [6.45, 7) is 3.30. The highest BCUT2D eigenvalue weighted by molar-refractivity contribution is 6.22. The van der Waals surface area contributed by atoms with E-state index in [0.29, 0.717) is 6.04 Å². The van der Waals surface area contributed by atoms with E-state index in [4.69, 9.17) is 0 Å². The Balaban J connectivity index is 3.23. The Labute approximate surface area is 40.5 Å². The van der Waals surface area contributed by atoms with Crippen LogP contribution in [0.25, 0.3) is 0 Å². The van der Waals surface area contributed by atoms with E-state index in [-0.39, 0.29) is 5.78 Å². The van der Waals surface area contributed by atoms with Crippen molar-refractivity contribution in [3.05, 3.63) is 12.7 Å². The molecular weight excluding hydrogens is 92.1 g/mol. The third kappa shape index (κ3) is 1.90. The van der Waals surface area contributed by atoms with Crippen molar-refractivity contribution in [1.82, 2.24) is 0 Å². The van der Waals surface area contributed by atoms with Crippen LogP contribution in [0, 0.1) is 0 Å². The van der Waals surface area contributed by atoms with Gasteiger partial charge in [0, 0.05) is 10.2 Å². The Morgan fingerprint density at radius 1 is 2.00 bits per heavy atom. The molecule has 0 N–H and O–H groups in total. The van der Waals surface area contributed by atoms with Crippen LogP contribution >= 0.6 is 0 Å². The van der Waals surface area contributed by atoms with Crippen molar-refractivity contribution in [2.75, 3.05) is 0 Å². The highest BCUT2D eigenvalue weighted by Crippen LogP contribution is 1.74. The van der Waals surface area contributed by atoms with Crippen molar-refractivity contribution < 1.29 is 4.79 Å². The molecule has 0 spiro atoms. The van der Waals surface area contributed by atoms with Crippen molar-refractivity contribution >= 4 is 16.0 Å². The van der Waals surface area contributed by atoms with E-state index in [1.54, 1.807) is 0 Å². The molecule has 0 saturated heterocycles. The molecule has 0 aliphatic rings. The first kappa shape index (κ1) is 5.63. The second kappa shape index (κ2) is 2.84. The molecule has 0 rings (SSSR count). The zero-order chi connectivity index (χ0) is 4.99. The van der Waals surface area contributed by atoms with E-state index in [0.717, 1.165) is 10.2 Å². The standard InChI is InChI=1S/C4H8OSi/c1-2-4(5)3-6/h2H,1,3H2,6H3. The van der Waals surface area contributed by atoms with Crippen LogP contribution < -0.4 is 0 Å². The van der Waals surface area contributed by atoms with Crippen molar-refractivity contribution in [2.24, 2.45) is 0 Å². The molecular formula is C4H8OSi. The molecule has 0 atom stereocenters. The third-order valence-corrected chi connectivity index (χ3v) is 1.27. The molecule has 34 valence electrons. The van der Waals surface area contributed by atoms with Crippen molar-refractivity contribution in [3.63, 3.8) is 0 Å². The molecule has 0 unspecified atom stereocenters. The topological polar surface area (TPSA) is 17.1 Å². The molecule has 0 fully saturated rings. The summed E-state index contributed by atoms with van der Waals surface area (Å²) in [7, 11) is 0.962. The lowest BCUT2D eigenvalue weighted by molar-refractivity contribution is -0.112. The number of ketones is 1. The molecule has 0 radical (unpaired) electrons. The first-order chi connectivity index (χ1) is 2.81. The average molecular weight is 100 g/mol. The zero-order valence-corrected chi connectivity index (χ0v) is 5.90. The monoisotopic (exact) mass is 100 g/mol. The van der Waals surface area contributed by atoms with Gasteiger partial charge < -0.3 is 0 Å². The molecule has 0 aromatic rings. The van der Waals surface area contributed by atoms with Gasteiger partial charge in [-0.25, -0.2) is 0 Å². The fourth-order valence-corrected chi connectivity index (χ4v) is 0.433. The molecule has 2 heteroatoms. The second-order valence-corrected chi connectivity index (χ2v) is 1.73. The SMILES string of the molecule is C=CC(=O)C[SiH3]. The van der Waals surface area contributed by atoms with Gasteiger partial charge in [0.2, 0.25) is 0 Å². The molecule has 0 aromatic carbocycles. The van der Waals surface area contributed by atoms with Gasteiger partial charge in [0.25, 0.3) is 0 Å². The Bertz CT molecular complexity index is 67.9. The van der Waals surface area contributed by atoms with Crippen LogP contribution in [0.1, 0.15) is 0 Å².